The number of pyridine rings is 1. The van der Waals surface area contributed by atoms with E-state index in [1.165, 1.54) is 0 Å². The fourth-order valence-electron chi connectivity index (χ4n) is 3.43. The van der Waals surface area contributed by atoms with Gasteiger partial charge in [-0.25, -0.2) is 9.78 Å². The van der Waals surface area contributed by atoms with Crippen LogP contribution < -0.4 is 9.47 Å². The minimum atomic E-state index is -0.989. The maximum absolute atomic E-state index is 12.0. The number of aromatic carboxylic acids is 1. The Bertz CT molecular complexity index is 1250. The molecule has 6 heteroatoms. The molecule has 1 aromatic heterocycles. The Labute approximate surface area is 162 Å². The molecule has 0 amide bonds. The van der Waals surface area contributed by atoms with Crippen molar-refractivity contribution >= 4 is 43.6 Å². The van der Waals surface area contributed by atoms with Crippen LogP contribution in [0.4, 0.5) is 0 Å². The second kappa shape index (κ2) is 5.96. The number of ether oxygens (including phenoxy) is 2. The molecular formula is C21H12BrNO4. The fourth-order valence-corrected chi connectivity index (χ4v) is 3.95. The average Bonchev–Trinajstić information content (AvgIpc) is 3.13. The lowest BCUT2D eigenvalue weighted by molar-refractivity contribution is 0.0699. The Balaban J connectivity index is 1.83. The summed E-state index contributed by atoms with van der Waals surface area (Å²) < 4.78 is 11.6. The van der Waals surface area contributed by atoms with Gasteiger partial charge in [0.15, 0.2) is 11.5 Å². The zero-order valence-electron chi connectivity index (χ0n) is 13.9. The van der Waals surface area contributed by atoms with Gasteiger partial charge in [0, 0.05) is 15.4 Å². The summed E-state index contributed by atoms with van der Waals surface area (Å²) in [7, 11) is 0. The van der Waals surface area contributed by atoms with E-state index in [4.69, 9.17) is 14.5 Å². The van der Waals surface area contributed by atoms with E-state index in [0.29, 0.717) is 28.1 Å². The number of nitrogens with zero attached hydrogens (tertiary/aromatic N) is 1. The van der Waals surface area contributed by atoms with E-state index >= 15 is 0 Å². The molecule has 2 heterocycles. The lowest BCUT2D eigenvalue weighted by atomic mass is 9.98. The van der Waals surface area contributed by atoms with Crippen molar-refractivity contribution in [1.29, 1.82) is 0 Å². The first-order valence-electron chi connectivity index (χ1n) is 8.27. The van der Waals surface area contributed by atoms with Gasteiger partial charge >= 0.3 is 5.97 Å². The summed E-state index contributed by atoms with van der Waals surface area (Å²) in [5, 5.41) is 12.3. The van der Waals surface area contributed by atoms with Gasteiger partial charge in [0.2, 0.25) is 6.79 Å². The monoisotopic (exact) mass is 421 g/mol. The van der Waals surface area contributed by atoms with Crippen molar-refractivity contribution in [1.82, 2.24) is 4.98 Å². The number of carbonyl (C=O) groups is 1. The largest absolute Gasteiger partial charge is 0.478 e. The molecule has 0 radical (unpaired) electrons. The molecule has 1 aliphatic rings. The molecule has 0 fully saturated rings. The zero-order valence-corrected chi connectivity index (χ0v) is 15.5. The van der Waals surface area contributed by atoms with Crippen LogP contribution in [0.5, 0.6) is 11.5 Å². The third kappa shape index (κ3) is 2.52. The Morgan fingerprint density at radius 1 is 1.04 bits per heavy atom. The smallest absolute Gasteiger partial charge is 0.336 e. The summed E-state index contributed by atoms with van der Waals surface area (Å²) in [4.78, 5) is 16.8. The van der Waals surface area contributed by atoms with Crippen LogP contribution in [-0.4, -0.2) is 22.9 Å². The van der Waals surface area contributed by atoms with Crippen LogP contribution in [0.3, 0.4) is 0 Å². The van der Waals surface area contributed by atoms with Gasteiger partial charge < -0.3 is 14.6 Å². The van der Waals surface area contributed by atoms with Crippen LogP contribution in [0, 0.1) is 0 Å². The minimum absolute atomic E-state index is 0.169. The number of fused-ring (bicyclic) bond motifs is 4. The van der Waals surface area contributed by atoms with Gasteiger partial charge in [0.05, 0.1) is 16.8 Å². The molecule has 5 rings (SSSR count). The highest BCUT2D eigenvalue weighted by atomic mass is 79.9. The molecule has 0 saturated heterocycles. The highest BCUT2D eigenvalue weighted by Crippen LogP contribution is 2.41. The molecule has 0 unspecified atom stereocenters. The summed E-state index contributed by atoms with van der Waals surface area (Å²) >= 11 is 3.53. The van der Waals surface area contributed by atoms with E-state index in [1.54, 1.807) is 6.07 Å². The highest BCUT2D eigenvalue weighted by Gasteiger charge is 2.20. The van der Waals surface area contributed by atoms with Gasteiger partial charge in [-0.3, -0.25) is 0 Å². The molecule has 0 spiro atoms. The van der Waals surface area contributed by atoms with Crippen LogP contribution in [0.15, 0.2) is 59.1 Å². The normalized spacial score (nSPS) is 12.6. The van der Waals surface area contributed by atoms with E-state index in [-0.39, 0.29) is 12.4 Å². The summed E-state index contributed by atoms with van der Waals surface area (Å²) in [6, 6.07) is 16.8. The lowest BCUT2D eigenvalue weighted by Crippen LogP contribution is -2.01. The summed E-state index contributed by atoms with van der Waals surface area (Å²) in [5.74, 6) is 0.276. The van der Waals surface area contributed by atoms with Crippen molar-refractivity contribution < 1.29 is 19.4 Å². The summed E-state index contributed by atoms with van der Waals surface area (Å²) in [5.41, 5.74) is 2.15. The number of carboxylic acids is 1. The summed E-state index contributed by atoms with van der Waals surface area (Å²) in [6.45, 7) is 0.169. The molecule has 0 bridgehead atoms. The first-order chi connectivity index (χ1) is 13.1. The zero-order chi connectivity index (χ0) is 18.5. The Hall–Kier alpha value is -3.12. The van der Waals surface area contributed by atoms with E-state index in [1.807, 2.05) is 48.5 Å². The van der Waals surface area contributed by atoms with Gasteiger partial charge in [0.1, 0.15) is 0 Å². The number of aromatic nitrogens is 1. The van der Waals surface area contributed by atoms with Gasteiger partial charge in [-0.05, 0) is 51.0 Å². The second-order valence-electron chi connectivity index (χ2n) is 6.23. The van der Waals surface area contributed by atoms with Crippen LogP contribution in [0.25, 0.3) is 32.9 Å². The standard InChI is InChI=1S/C21H12BrNO4/c22-15-9-19-18(26-10-27-19)8-13(15)17-7-14(21(24)25)20-12-4-2-1-3-11(12)5-6-16(20)23-17/h1-9H,10H2,(H,24,25). The average molecular weight is 422 g/mol. The number of benzene rings is 3. The van der Waals surface area contributed by atoms with E-state index in [9.17, 15) is 9.90 Å². The maximum atomic E-state index is 12.0. The third-order valence-electron chi connectivity index (χ3n) is 4.67. The Morgan fingerprint density at radius 3 is 2.63 bits per heavy atom. The number of hydrogen-bond donors (Lipinski definition) is 1. The predicted molar refractivity (Wildman–Crippen MR) is 105 cm³/mol. The van der Waals surface area contributed by atoms with Crippen molar-refractivity contribution in [3.05, 3.63) is 64.6 Å². The molecule has 0 aliphatic carbocycles. The first kappa shape index (κ1) is 16.1. The number of carboxylic acid groups (broad SMARTS) is 1. The second-order valence-corrected chi connectivity index (χ2v) is 7.08. The van der Waals surface area contributed by atoms with Crippen molar-refractivity contribution in [2.75, 3.05) is 6.79 Å². The minimum Gasteiger partial charge on any atom is -0.478 e. The van der Waals surface area contributed by atoms with E-state index < -0.39 is 5.97 Å². The molecule has 27 heavy (non-hydrogen) atoms. The fraction of sp³-hybridized carbons (Fsp3) is 0.0476. The number of halogens is 1. The lowest BCUT2D eigenvalue weighted by Gasteiger charge is -2.11. The van der Waals surface area contributed by atoms with Crippen molar-refractivity contribution in [3.63, 3.8) is 0 Å². The van der Waals surface area contributed by atoms with Gasteiger partial charge in [-0.15, -0.1) is 0 Å². The van der Waals surface area contributed by atoms with Crippen LogP contribution >= 0.6 is 15.9 Å². The number of rotatable bonds is 2. The highest BCUT2D eigenvalue weighted by molar-refractivity contribution is 9.10. The predicted octanol–water partition coefficient (Wildman–Crippen LogP) is 5.24. The Morgan fingerprint density at radius 2 is 1.81 bits per heavy atom. The van der Waals surface area contributed by atoms with Gasteiger partial charge in [0.25, 0.3) is 0 Å². The topological polar surface area (TPSA) is 68.7 Å². The van der Waals surface area contributed by atoms with Crippen LogP contribution in [-0.2, 0) is 0 Å². The number of hydrogen-bond acceptors (Lipinski definition) is 4. The SMILES string of the molecule is O=C(O)c1cc(-c2cc3c(cc2Br)OCO3)nc2ccc3ccccc3c12. The molecule has 5 nitrogen and oxygen atoms in total. The summed E-state index contributed by atoms with van der Waals surface area (Å²) in [6.07, 6.45) is 0. The van der Waals surface area contributed by atoms with Crippen LogP contribution in [0.1, 0.15) is 10.4 Å². The molecule has 1 N–H and O–H groups in total. The van der Waals surface area contributed by atoms with Crippen LogP contribution in [0.2, 0.25) is 0 Å². The molecule has 4 aromatic rings. The quantitative estimate of drug-likeness (QED) is 0.448. The third-order valence-corrected chi connectivity index (χ3v) is 5.32. The first-order valence-corrected chi connectivity index (χ1v) is 9.06. The van der Waals surface area contributed by atoms with Gasteiger partial charge in [-0.1, -0.05) is 30.3 Å². The van der Waals surface area contributed by atoms with Gasteiger partial charge in [-0.2, -0.15) is 0 Å². The Kier molecular flexibility index (Phi) is 3.55. The van der Waals surface area contributed by atoms with Crippen molar-refractivity contribution in [2.45, 2.75) is 0 Å². The van der Waals surface area contributed by atoms with E-state index in [0.717, 1.165) is 20.8 Å². The maximum Gasteiger partial charge on any atom is 0.336 e. The molecular weight excluding hydrogens is 410 g/mol. The van der Waals surface area contributed by atoms with Crippen molar-refractivity contribution in [3.8, 4) is 22.8 Å². The van der Waals surface area contributed by atoms with Crippen molar-refractivity contribution in [2.24, 2.45) is 0 Å². The van der Waals surface area contributed by atoms with E-state index in [2.05, 4.69) is 15.9 Å². The molecule has 132 valence electrons. The molecule has 3 aromatic carbocycles. The molecule has 0 saturated carbocycles. The molecule has 0 atom stereocenters. The molecule has 1 aliphatic heterocycles.